The number of halogens is 2. The summed E-state index contributed by atoms with van der Waals surface area (Å²) in [6.45, 7) is 5.13. The standard InChI is InChI=1S/C12H17BrFN/c1-3-10(4-2)15-8-9-5-6-12(14)11(13)7-9/h5-7,10,15H,3-4,8H2,1-2H3. The molecule has 84 valence electrons. The van der Waals surface area contributed by atoms with Crippen molar-refractivity contribution in [3.05, 3.63) is 34.1 Å². The largest absolute Gasteiger partial charge is 0.310 e. The molecule has 1 nitrogen and oxygen atoms in total. The predicted octanol–water partition coefficient (Wildman–Crippen LogP) is 3.87. The summed E-state index contributed by atoms with van der Waals surface area (Å²) >= 11 is 3.18. The maximum absolute atomic E-state index is 13.0. The van der Waals surface area contributed by atoms with E-state index in [-0.39, 0.29) is 5.82 Å². The maximum atomic E-state index is 13.0. The molecule has 0 aromatic heterocycles. The summed E-state index contributed by atoms with van der Waals surface area (Å²) < 4.78 is 13.5. The Morgan fingerprint density at radius 1 is 1.33 bits per heavy atom. The van der Waals surface area contributed by atoms with Gasteiger partial charge in [0.2, 0.25) is 0 Å². The Balaban J connectivity index is 2.54. The summed E-state index contributed by atoms with van der Waals surface area (Å²) in [5.41, 5.74) is 1.11. The van der Waals surface area contributed by atoms with Crippen LogP contribution in [0.15, 0.2) is 22.7 Å². The summed E-state index contributed by atoms with van der Waals surface area (Å²) in [5, 5.41) is 3.44. The zero-order valence-electron chi connectivity index (χ0n) is 9.19. The van der Waals surface area contributed by atoms with E-state index < -0.39 is 0 Å². The lowest BCUT2D eigenvalue weighted by Crippen LogP contribution is -2.26. The molecule has 0 aliphatic carbocycles. The monoisotopic (exact) mass is 273 g/mol. The number of hydrogen-bond donors (Lipinski definition) is 1. The normalized spacial score (nSPS) is 11.0. The first-order chi connectivity index (χ1) is 7.17. The van der Waals surface area contributed by atoms with E-state index in [4.69, 9.17) is 0 Å². The molecule has 3 heteroatoms. The van der Waals surface area contributed by atoms with E-state index in [2.05, 4.69) is 35.1 Å². The molecule has 0 unspecified atom stereocenters. The van der Waals surface area contributed by atoms with Gasteiger partial charge in [0, 0.05) is 12.6 Å². The van der Waals surface area contributed by atoms with Crippen LogP contribution >= 0.6 is 15.9 Å². The van der Waals surface area contributed by atoms with Crippen molar-refractivity contribution in [3.8, 4) is 0 Å². The van der Waals surface area contributed by atoms with Gasteiger partial charge in [0.15, 0.2) is 0 Å². The summed E-state index contributed by atoms with van der Waals surface area (Å²) in [5.74, 6) is -0.207. The molecule has 0 bridgehead atoms. The van der Waals surface area contributed by atoms with Crippen LogP contribution in [0.1, 0.15) is 32.3 Å². The molecule has 0 aliphatic rings. The van der Waals surface area contributed by atoms with Crippen LogP contribution < -0.4 is 5.32 Å². The van der Waals surface area contributed by atoms with Crippen molar-refractivity contribution in [3.63, 3.8) is 0 Å². The van der Waals surface area contributed by atoms with Crippen molar-refractivity contribution in [2.75, 3.05) is 0 Å². The van der Waals surface area contributed by atoms with E-state index in [0.717, 1.165) is 24.9 Å². The molecule has 0 heterocycles. The quantitative estimate of drug-likeness (QED) is 0.859. The van der Waals surface area contributed by atoms with Crippen molar-refractivity contribution >= 4 is 15.9 Å². The lowest BCUT2D eigenvalue weighted by molar-refractivity contribution is 0.483. The van der Waals surface area contributed by atoms with Crippen molar-refractivity contribution in [2.24, 2.45) is 0 Å². The van der Waals surface area contributed by atoms with Crippen LogP contribution in [0.2, 0.25) is 0 Å². The first-order valence-electron chi connectivity index (χ1n) is 5.34. The highest BCUT2D eigenvalue weighted by molar-refractivity contribution is 9.10. The Labute approximate surface area is 99.2 Å². The fraction of sp³-hybridized carbons (Fsp3) is 0.500. The summed E-state index contributed by atoms with van der Waals surface area (Å²) in [7, 11) is 0. The van der Waals surface area contributed by atoms with E-state index in [1.807, 2.05) is 12.1 Å². The van der Waals surface area contributed by atoms with E-state index in [9.17, 15) is 4.39 Å². The summed E-state index contributed by atoms with van der Waals surface area (Å²) in [6.07, 6.45) is 2.25. The Bertz CT molecular complexity index is 310. The molecule has 1 N–H and O–H groups in total. The number of benzene rings is 1. The highest BCUT2D eigenvalue weighted by atomic mass is 79.9. The van der Waals surface area contributed by atoms with Gasteiger partial charge in [-0.25, -0.2) is 4.39 Å². The molecule has 1 aromatic carbocycles. The van der Waals surface area contributed by atoms with Gasteiger partial charge in [-0.05, 0) is 46.5 Å². The molecule has 0 fully saturated rings. The lowest BCUT2D eigenvalue weighted by Gasteiger charge is -2.14. The van der Waals surface area contributed by atoms with Crippen LogP contribution in [0.25, 0.3) is 0 Å². The smallest absolute Gasteiger partial charge is 0.137 e. The third kappa shape index (κ3) is 3.92. The fourth-order valence-electron chi connectivity index (χ4n) is 1.49. The first kappa shape index (κ1) is 12.7. The van der Waals surface area contributed by atoms with Gasteiger partial charge in [-0.3, -0.25) is 0 Å². The van der Waals surface area contributed by atoms with Gasteiger partial charge in [-0.15, -0.1) is 0 Å². The number of nitrogens with one attached hydrogen (secondary N) is 1. The van der Waals surface area contributed by atoms with E-state index >= 15 is 0 Å². The second-order valence-corrected chi connectivity index (χ2v) is 4.50. The van der Waals surface area contributed by atoms with Gasteiger partial charge < -0.3 is 5.32 Å². The van der Waals surface area contributed by atoms with E-state index in [1.54, 1.807) is 0 Å². The zero-order chi connectivity index (χ0) is 11.3. The minimum atomic E-state index is -0.207. The SMILES string of the molecule is CCC(CC)NCc1ccc(F)c(Br)c1. The zero-order valence-corrected chi connectivity index (χ0v) is 10.8. The number of hydrogen-bond acceptors (Lipinski definition) is 1. The molecule has 1 rings (SSSR count). The average Bonchev–Trinajstić information content (AvgIpc) is 2.24. The van der Waals surface area contributed by atoms with Crippen molar-refractivity contribution < 1.29 is 4.39 Å². The topological polar surface area (TPSA) is 12.0 Å². The Morgan fingerprint density at radius 2 is 2.00 bits per heavy atom. The molecular weight excluding hydrogens is 257 g/mol. The van der Waals surface area contributed by atoms with Gasteiger partial charge in [-0.1, -0.05) is 19.9 Å². The minimum absolute atomic E-state index is 0.207. The third-order valence-corrected chi connectivity index (χ3v) is 3.17. The molecule has 0 amide bonds. The Hall–Kier alpha value is -0.410. The third-order valence-electron chi connectivity index (χ3n) is 2.56. The highest BCUT2D eigenvalue weighted by Gasteiger charge is 2.04. The Kier molecular flexibility index (Phi) is 5.26. The van der Waals surface area contributed by atoms with Crippen molar-refractivity contribution in [2.45, 2.75) is 39.3 Å². The van der Waals surface area contributed by atoms with Crippen LogP contribution in [0.4, 0.5) is 4.39 Å². The summed E-state index contributed by atoms with van der Waals surface area (Å²) in [6, 6.07) is 5.68. The van der Waals surface area contributed by atoms with Crippen LogP contribution in [0.3, 0.4) is 0 Å². The number of rotatable bonds is 5. The molecule has 0 atom stereocenters. The lowest BCUT2D eigenvalue weighted by atomic mass is 10.1. The van der Waals surface area contributed by atoms with Gasteiger partial charge in [-0.2, -0.15) is 0 Å². The maximum Gasteiger partial charge on any atom is 0.137 e. The van der Waals surface area contributed by atoms with Crippen LogP contribution in [0.5, 0.6) is 0 Å². The Morgan fingerprint density at radius 3 is 2.53 bits per heavy atom. The molecule has 0 saturated carbocycles. The molecule has 0 radical (unpaired) electrons. The van der Waals surface area contributed by atoms with Gasteiger partial charge in [0.1, 0.15) is 5.82 Å². The molecule has 0 aliphatic heterocycles. The van der Waals surface area contributed by atoms with Crippen LogP contribution in [-0.4, -0.2) is 6.04 Å². The first-order valence-corrected chi connectivity index (χ1v) is 6.14. The molecule has 15 heavy (non-hydrogen) atoms. The van der Waals surface area contributed by atoms with E-state index in [0.29, 0.717) is 10.5 Å². The molecule has 0 spiro atoms. The van der Waals surface area contributed by atoms with Crippen LogP contribution in [-0.2, 0) is 6.54 Å². The van der Waals surface area contributed by atoms with Gasteiger partial charge >= 0.3 is 0 Å². The molecule has 1 aromatic rings. The second kappa shape index (κ2) is 6.23. The predicted molar refractivity (Wildman–Crippen MR) is 65.3 cm³/mol. The van der Waals surface area contributed by atoms with Gasteiger partial charge in [0.05, 0.1) is 4.47 Å². The van der Waals surface area contributed by atoms with Crippen LogP contribution in [0, 0.1) is 5.82 Å². The van der Waals surface area contributed by atoms with E-state index in [1.165, 1.54) is 6.07 Å². The minimum Gasteiger partial charge on any atom is -0.310 e. The molecule has 0 saturated heterocycles. The average molecular weight is 274 g/mol. The second-order valence-electron chi connectivity index (χ2n) is 3.64. The fourth-order valence-corrected chi connectivity index (χ4v) is 1.92. The van der Waals surface area contributed by atoms with Gasteiger partial charge in [0.25, 0.3) is 0 Å². The van der Waals surface area contributed by atoms with Crippen molar-refractivity contribution in [1.82, 2.24) is 5.32 Å². The summed E-state index contributed by atoms with van der Waals surface area (Å²) in [4.78, 5) is 0. The molecular formula is C12H17BrFN. The van der Waals surface area contributed by atoms with Crippen molar-refractivity contribution in [1.29, 1.82) is 0 Å². The highest BCUT2D eigenvalue weighted by Crippen LogP contribution is 2.16.